The number of thiophene rings is 1. The molecule has 1 aromatic rings. The summed E-state index contributed by atoms with van der Waals surface area (Å²) < 4.78 is 23.3. The molecule has 2 aliphatic rings. The minimum Gasteiger partial charge on any atom is -0.356 e. The van der Waals surface area contributed by atoms with Gasteiger partial charge in [-0.05, 0) is 54.9 Å². The van der Waals surface area contributed by atoms with Crippen molar-refractivity contribution in [2.75, 3.05) is 18.1 Å². The minimum absolute atomic E-state index is 0. The van der Waals surface area contributed by atoms with Crippen LogP contribution < -0.4 is 10.6 Å². The smallest absolute Gasteiger partial charge is 0.191 e. The molecule has 1 aliphatic carbocycles. The van der Waals surface area contributed by atoms with E-state index in [0.29, 0.717) is 36.1 Å². The van der Waals surface area contributed by atoms with Crippen LogP contribution in [0.3, 0.4) is 0 Å². The molecular formula is C19H32IN3O2S2. The summed E-state index contributed by atoms with van der Waals surface area (Å²) >= 11 is 1.71. The Morgan fingerprint density at radius 3 is 2.63 bits per heavy atom. The third kappa shape index (κ3) is 7.53. The SMILES string of the molecule is CC1(C)CCC(NC(=NCc2cccs2)NCC2CCS(=O)(=O)C2)CC1.I. The highest BCUT2D eigenvalue weighted by Crippen LogP contribution is 2.34. The van der Waals surface area contributed by atoms with E-state index in [9.17, 15) is 8.42 Å². The maximum Gasteiger partial charge on any atom is 0.191 e. The number of hydrogen-bond acceptors (Lipinski definition) is 4. The van der Waals surface area contributed by atoms with Crippen molar-refractivity contribution >= 4 is 51.1 Å². The van der Waals surface area contributed by atoms with Crippen LogP contribution in [0.1, 0.15) is 50.8 Å². The molecule has 0 bridgehead atoms. The van der Waals surface area contributed by atoms with Gasteiger partial charge in [0.05, 0.1) is 18.1 Å². The van der Waals surface area contributed by atoms with Gasteiger partial charge in [0.25, 0.3) is 0 Å². The zero-order chi connectivity index (χ0) is 18.6. The van der Waals surface area contributed by atoms with E-state index < -0.39 is 9.84 Å². The fourth-order valence-electron chi connectivity index (χ4n) is 3.72. The topological polar surface area (TPSA) is 70.6 Å². The van der Waals surface area contributed by atoms with Crippen molar-refractivity contribution in [3.63, 3.8) is 0 Å². The van der Waals surface area contributed by atoms with Crippen molar-refractivity contribution in [1.29, 1.82) is 0 Å². The van der Waals surface area contributed by atoms with Crippen LogP contribution in [0.4, 0.5) is 0 Å². The summed E-state index contributed by atoms with van der Waals surface area (Å²) in [5.41, 5.74) is 0.443. The zero-order valence-electron chi connectivity index (χ0n) is 16.2. The van der Waals surface area contributed by atoms with Crippen LogP contribution in [0.2, 0.25) is 0 Å². The molecule has 0 aromatic carbocycles. The molecule has 0 amide bonds. The van der Waals surface area contributed by atoms with Crippen molar-refractivity contribution in [3.05, 3.63) is 22.4 Å². The first-order valence-corrected chi connectivity index (χ1v) is 12.3. The molecule has 1 aliphatic heterocycles. The average Bonchev–Trinajstić information content (AvgIpc) is 3.21. The second-order valence-corrected chi connectivity index (χ2v) is 11.7. The molecule has 2 heterocycles. The van der Waals surface area contributed by atoms with Crippen molar-refractivity contribution < 1.29 is 8.42 Å². The maximum atomic E-state index is 11.7. The van der Waals surface area contributed by atoms with E-state index >= 15 is 0 Å². The molecule has 1 unspecified atom stereocenters. The van der Waals surface area contributed by atoms with E-state index in [4.69, 9.17) is 4.99 Å². The Morgan fingerprint density at radius 1 is 1.30 bits per heavy atom. The molecule has 2 fully saturated rings. The van der Waals surface area contributed by atoms with Gasteiger partial charge in [-0.2, -0.15) is 0 Å². The lowest BCUT2D eigenvalue weighted by Gasteiger charge is -2.35. The van der Waals surface area contributed by atoms with Crippen molar-refractivity contribution in [2.24, 2.45) is 16.3 Å². The predicted octanol–water partition coefficient (Wildman–Crippen LogP) is 3.80. The van der Waals surface area contributed by atoms with E-state index in [1.165, 1.54) is 17.7 Å². The van der Waals surface area contributed by atoms with Gasteiger partial charge >= 0.3 is 0 Å². The van der Waals surface area contributed by atoms with Crippen LogP contribution in [0, 0.1) is 11.3 Å². The first-order chi connectivity index (χ1) is 12.3. The summed E-state index contributed by atoms with van der Waals surface area (Å²) in [5.74, 6) is 1.65. The molecule has 3 rings (SSSR count). The fraction of sp³-hybridized carbons (Fsp3) is 0.737. The highest BCUT2D eigenvalue weighted by Gasteiger charge is 2.29. The molecule has 1 saturated heterocycles. The van der Waals surface area contributed by atoms with Gasteiger partial charge in [0, 0.05) is 17.5 Å². The molecule has 1 saturated carbocycles. The van der Waals surface area contributed by atoms with Crippen LogP contribution in [-0.2, 0) is 16.4 Å². The molecule has 0 radical (unpaired) electrons. The van der Waals surface area contributed by atoms with Gasteiger partial charge in [0.1, 0.15) is 0 Å². The molecule has 0 spiro atoms. The summed E-state index contributed by atoms with van der Waals surface area (Å²) in [6.07, 6.45) is 5.52. The monoisotopic (exact) mass is 525 g/mol. The number of guanidine groups is 1. The van der Waals surface area contributed by atoms with Gasteiger partial charge in [0.15, 0.2) is 15.8 Å². The van der Waals surface area contributed by atoms with E-state index in [2.05, 4.69) is 35.9 Å². The van der Waals surface area contributed by atoms with E-state index in [0.717, 1.165) is 25.2 Å². The van der Waals surface area contributed by atoms with Crippen LogP contribution in [-0.4, -0.2) is 38.5 Å². The average molecular weight is 526 g/mol. The maximum absolute atomic E-state index is 11.7. The van der Waals surface area contributed by atoms with Crippen LogP contribution in [0.5, 0.6) is 0 Å². The lowest BCUT2D eigenvalue weighted by molar-refractivity contribution is 0.216. The second-order valence-electron chi connectivity index (χ2n) is 8.48. The van der Waals surface area contributed by atoms with Gasteiger partial charge in [-0.3, -0.25) is 0 Å². The van der Waals surface area contributed by atoms with Gasteiger partial charge < -0.3 is 10.6 Å². The lowest BCUT2D eigenvalue weighted by Crippen LogP contribution is -2.47. The summed E-state index contributed by atoms with van der Waals surface area (Å²) in [5, 5.41) is 9.07. The van der Waals surface area contributed by atoms with Gasteiger partial charge in [-0.15, -0.1) is 35.3 Å². The number of nitrogens with one attached hydrogen (secondary N) is 2. The molecule has 5 nitrogen and oxygen atoms in total. The van der Waals surface area contributed by atoms with Crippen LogP contribution >= 0.6 is 35.3 Å². The summed E-state index contributed by atoms with van der Waals surface area (Å²) in [6.45, 7) is 6.02. The third-order valence-corrected chi connectivity index (χ3v) is 8.24. The number of rotatable bonds is 5. The second kappa shape index (κ2) is 9.91. The lowest BCUT2D eigenvalue weighted by atomic mass is 9.75. The van der Waals surface area contributed by atoms with E-state index in [1.54, 1.807) is 11.3 Å². The van der Waals surface area contributed by atoms with Crippen molar-refractivity contribution in [2.45, 2.75) is 58.5 Å². The zero-order valence-corrected chi connectivity index (χ0v) is 20.2. The summed E-state index contributed by atoms with van der Waals surface area (Å²) in [4.78, 5) is 5.98. The molecule has 27 heavy (non-hydrogen) atoms. The fourth-order valence-corrected chi connectivity index (χ4v) is 6.21. The molecule has 1 aromatic heterocycles. The highest BCUT2D eigenvalue weighted by atomic mass is 127. The van der Waals surface area contributed by atoms with E-state index in [1.807, 2.05) is 6.07 Å². The van der Waals surface area contributed by atoms with Gasteiger partial charge in [0.2, 0.25) is 0 Å². The number of aliphatic imine (C=N–C) groups is 1. The minimum atomic E-state index is -2.83. The molecule has 2 N–H and O–H groups in total. The largest absolute Gasteiger partial charge is 0.356 e. The first kappa shape index (κ1) is 22.9. The Morgan fingerprint density at radius 2 is 2.04 bits per heavy atom. The first-order valence-electron chi connectivity index (χ1n) is 9.59. The summed E-state index contributed by atoms with van der Waals surface area (Å²) in [6, 6.07) is 4.59. The number of sulfone groups is 1. The normalized spacial score (nSPS) is 25.0. The Balaban J connectivity index is 0.00000261. The number of hydrogen-bond donors (Lipinski definition) is 2. The van der Waals surface area contributed by atoms with Gasteiger partial charge in [-0.1, -0.05) is 19.9 Å². The third-order valence-electron chi connectivity index (χ3n) is 5.54. The standard InChI is InChI=1S/C19H31N3O2S2.HI/c1-19(2)8-5-16(6-9-19)22-18(21-13-17-4-3-10-25-17)20-12-15-7-11-26(23,24)14-15;/h3-4,10,15-16H,5-9,11-14H2,1-2H3,(H2,20,21,22);1H. The quantitative estimate of drug-likeness (QED) is 0.349. The Hall–Kier alpha value is -0.350. The van der Waals surface area contributed by atoms with Crippen molar-refractivity contribution in [1.82, 2.24) is 10.6 Å². The van der Waals surface area contributed by atoms with Crippen LogP contribution in [0.25, 0.3) is 0 Å². The van der Waals surface area contributed by atoms with E-state index in [-0.39, 0.29) is 29.9 Å². The van der Waals surface area contributed by atoms with Gasteiger partial charge in [-0.25, -0.2) is 13.4 Å². The molecule has 1 atom stereocenters. The molecular weight excluding hydrogens is 493 g/mol. The Kier molecular flexibility index (Phi) is 8.42. The Bertz CT molecular complexity index is 707. The highest BCUT2D eigenvalue weighted by molar-refractivity contribution is 14.0. The molecule has 154 valence electrons. The number of nitrogens with zero attached hydrogens (tertiary/aromatic N) is 1. The van der Waals surface area contributed by atoms with Crippen LogP contribution in [0.15, 0.2) is 22.5 Å². The molecule has 8 heteroatoms. The van der Waals surface area contributed by atoms with Crippen molar-refractivity contribution in [3.8, 4) is 0 Å². The summed E-state index contributed by atoms with van der Waals surface area (Å²) in [7, 11) is -2.83. The number of halogens is 1. The predicted molar refractivity (Wildman–Crippen MR) is 125 cm³/mol. The Labute approximate surface area is 184 Å².